The Morgan fingerprint density at radius 2 is 2.05 bits per heavy atom. The maximum atomic E-state index is 4.47. The molecule has 0 bridgehead atoms. The lowest BCUT2D eigenvalue weighted by molar-refractivity contribution is 0.883. The van der Waals surface area contributed by atoms with Gasteiger partial charge in [0.2, 0.25) is 0 Å². The molecular weight excluding hydrogens is 300 g/mol. The van der Waals surface area contributed by atoms with E-state index in [2.05, 4.69) is 70.4 Å². The Kier molecular flexibility index (Phi) is 3.15. The van der Waals surface area contributed by atoms with Crippen molar-refractivity contribution in [1.29, 1.82) is 0 Å². The van der Waals surface area contributed by atoms with Gasteiger partial charge in [-0.15, -0.1) is 0 Å². The molecule has 1 unspecified atom stereocenters. The number of hydrogen-bond acceptors (Lipinski definition) is 1. The van der Waals surface area contributed by atoms with Crippen LogP contribution in [0.5, 0.6) is 0 Å². The summed E-state index contributed by atoms with van der Waals surface area (Å²) in [6.07, 6.45) is 3.94. The molecule has 0 aliphatic rings. The highest BCUT2D eigenvalue weighted by molar-refractivity contribution is 9.10. The van der Waals surface area contributed by atoms with Gasteiger partial charge in [-0.3, -0.25) is 0 Å². The fourth-order valence-electron chi connectivity index (χ4n) is 2.46. The number of hydrogen-bond donors (Lipinski definition) is 0. The van der Waals surface area contributed by atoms with Crippen molar-refractivity contribution in [2.45, 2.75) is 12.8 Å². The van der Waals surface area contributed by atoms with Crippen LogP contribution >= 0.6 is 15.9 Å². The molecule has 0 saturated carbocycles. The zero-order valence-corrected chi connectivity index (χ0v) is 12.6. The third kappa shape index (κ3) is 2.30. The van der Waals surface area contributed by atoms with Crippen LogP contribution in [0.3, 0.4) is 0 Å². The number of aryl methyl sites for hydroxylation is 1. The van der Waals surface area contributed by atoms with Crippen molar-refractivity contribution in [3.05, 3.63) is 64.7 Å². The van der Waals surface area contributed by atoms with Crippen LogP contribution in [0.25, 0.3) is 10.8 Å². The van der Waals surface area contributed by atoms with Gasteiger partial charge in [0.15, 0.2) is 0 Å². The van der Waals surface area contributed by atoms with Gasteiger partial charge in [0.1, 0.15) is 0 Å². The van der Waals surface area contributed by atoms with Crippen molar-refractivity contribution in [2.75, 3.05) is 0 Å². The van der Waals surface area contributed by atoms with Gasteiger partial charge in [-0.2, -0.15) is 0 Å². The Balaban J connectivity index is 2.16. The molecule has 0 amide bonds. The third-order valence-electron chi connectivity index (χ3n) is 3.51. The lowest BCUT2D eigenvalue weighted by Crippen LogP contribution is -1.97. The first-order valence-corrected chi connectivity index (χ1v) is 7.10. The van der Waals surface area contributed by atoms with Crippen LogP contribution in [-0.2, 0) is 7.05 Å². The summed E-state index contributed by atoms with van der Waals surface area (Å²) < 4.78 is 3.10. The molecule has 2 nitrogen and oxygen atoms in total. The molecule has 0 aliphatic carbocycles. The number of aromatic nitrogens is 2. The van der Waals surface area contributed by atoms with E-state index in [1.165, 1.54) is 16.3 Å². The van der Waals surface area contributed by atoms with Gasteiger partial charge < -0.3 is 4.57 Å². The number of rotatable bonds is 2. The molecule has 0 N–H and O–H groups in total. The normalized spacial score (nSPS) is 12.8. The number of imidazole rings is 1. The van der Waals surface area contributed by atoms with Gasteiger partial charge in [-0.25, -0.2) is 4.98 Å². The first-order valence-electron chi connectivity index (χ1n) is 6.31. The van der Waals surface area contributed by atoms with Crippen LogP contribution in [0.2, 0.25) is 0 Å². The molecule has 0 fully saturated rings. The highest BCUT2D eigenvalue weighted by Crippen LogP contribution is 2.31. The third-order valence-corrected chi connectivity index (χ3v) is 4.01. The van der Waals surface area contributed by atoms with Gasteiger partial charge in [0, 0.05) is 23.6 Å². The minimum Gasteiger partial charge on any atom is -0.340 e. The molecule has 3 rings (SSSR count). The van der Waals surface area contributed by atoms with Gasteiger partial charge in [-0.1, -0.05) is 47.1 Å². The van der Waals surface area contributed by atoms with E-state index in [-0.39, 0.29) is 0 Å². The lowest BCUT2D eigenvalue weighted by Gasteiger charge is -2.13. The lowest BCUT2D eigenvalue weighted by atomic mass is 9.93. The number of benzene rings is 2. The van der Waals surface area contributed by atoms with Gasteiger partial charge in [0.05, 0.1) is 12.0 Å². The highest BCUT2D eigenvalue weighted by Gasteiger charge is 2.13. The molecule has 1 atom stereocenters. The van der Waals surface area contributed by atoms with Gasteiger partial charge in [0.25, 0.3) is 0 Å². The van der Waals surface area contributed by atoms with E-state index in [1.807, 2.05) is 17.9 Å². The Bertz CT molecular complexity index is 730. The first kappa shape index (κ1) is 12.4. The van der Waals surface area contributed by atoms with Crippen LogP contribution in [0, 0.1) is 0 Å². The second-order valence-corrected chi connectivity index (χ2v) is 5.81. The Morgan fingerprint density at radius 3 is 2.79 bits per heavy atom. The molecule has 0 radical (unpaired) electrons. The van der Waals surface area contributed by atoms with E-state index < -0.39 is 0 Å². The van der Waals surface area contributed by atoms with E-state index in [1.54, 1.807) is 0 Å². The average molecular weight is 315 g/mol. The van der Waals surface area contributed by atoms with Crippen molar-refractivity contribution >= 4 is 26.7 Å². The quantitative estimate of drug-likeness (QED) is 0.681. The molecular formula is C16H15BrN2. The summed E-state index contributed by atoms with van der Waals surface area (Å²) in [4.78, 5) is 4.47. The van der Waals surface area contributed by atoms with Crippen molar-refractivity contribution < 1.29 is 0 Å². The minimum atomic E-state index is 0.291. The zero-order chi connectivity index (χ0) is 13.4. The van der Waals surface area contributed by atoms with Crippen LogP contribution in [-0.4, -0.2) is 9.55 Å². The Labute approximate surface area is 121 Å². The van der Waals surface area contributed by atoms with Crippen LogP contribution in [0.15, 0.2) is 53.4 Å². The number of fused-ring (bicyclic) bond motifs is 1. The summed E-state index contributed by atoms with van der Waals surface area (Å²) >= 11 is 3.56. The molecule has 1 heterocycles. The van der Waals surface area contributed by atoms with Crippen LogP contribution in [0.1, 0.15) is 24.1 Å². The summed E-state index contributed by atoms with van der Waals surface area (Å²) in [5.41, 5.74) is 2.42. The van der Waals surface area contributed by atoms with E-state index in [9.17, 15) is 0 Å². The second kappa shape index (κ2) is 4.82. The molecule has 96 valence electrons. The van der Waals surface area contributed by atoms with E-state index in [0.29, 0.717) is 5.92 Å². The Hall–Kier alpha value is -1.61. The topological polar surface area (TPSA) is 17.8 Å². The fraction of sp³-hybridized carbons (Fsp3) is 0.188. The standard InChI is InChI=1S/C16H15BrN2/c1-11(16-9-19(2)10-18-16)14-5-3-4-12-6-7-13(17)8-15(12)14/h3-11H,1-2H3. The van der Waals surface area contributed by atoms with Gasteiger partial charge in [-0.05, 0) is 28.5 Å². The number of halogens is 1. The smallest absolute Gasteiger partial charge is 0.0947 e. The summed E-state index contributed by atoms with van der Waals surface area (Å²) in [6.45, 7) is 2.21. The van der Waals surface area contributed by atoms with E-state index >= 15 is 0 Å². The minimum absolute atomic E-state index is 0.291. The van der Waals surface area contributed by atoms with E-state index in [0.717, 1.165) is 10.2 Å². The van der Waals surface area contributed by atoms with Crippen molar-refractivity contribution in [1.82, 2.24) is 9.55 Å². The molecule has 19 heavy (non-hydrogen) atoms. The summed E-state index contributed by atoms with van der Waals surface area (Å²) in [5, 5.41) is 2.55. The Morgan fingerprint density at radius 1 is 1.21 bits per heavy atom. The van der Waals surface area contributed by atoms with Gasteiger partial charge >= 0.3 is 0 Å². The molecule has 0 aliphatic heterocycles. The SMILES string of the molecule is CC(c1cn(C)cn1)c1cccc2ccc(Br)cc12. The average Bonchev–Trinajstić information content (AvgIpc) is 2.84. The largest absolute Gasteiger partial charge is 0.340 e. The van der Waals surface area contributed by atoms with Crippen molar-refractivity contribution in [3.63, 3.8) is 0 Å². The highest BCUT2D eigenvalue weighted by atomic mass is 79.9. The van der Waals surface area contributed by atoms with Crippen LogP contribution < -0.4 is 0 Å². The monoisotopic (exact) mass is 314 g/mol. The van der Waals surface area contributed by atoms with Crippen molar-refractivity contribution in [3.8, 4) is 0 Å². The molecule has 0 saturated heterocycles. The predicted molar refractivity (Wildman–Crippen MR) is 82.4 cm³/mol. The summed E-state index contributed by atoms with van der Waals surface area (Å²) in [5.74, 6) is 0.291. The molecule has 2 aromatic carbocycles. The second-order valence-electron chi connectivity index (χ2n) is 4.90. The zero-order valence-electron chi connectivity index (χ0n) is 11.0. The number of nitrogens with zero attached hydrogens (tertiary/aromatic N) is 2. The predicted octanol–water partition coefficient (Wildman–Crippen LogP) is 4.49. The maximum Gasteiger partial charge on any atom is 0.0947 e. The fourth-order valence-corrected chi connectivity index (χ4v) is 2.82. The molecule has 1 aromatic heterocycles. The molecule has 0 spiro atoms. The summed E-state index contributed by atoms with van der Waals surface area (Å²) in [6, 6.07) is 12.9. The summed E-state index contributed by atoms with van der Waals surface area (Å²) in [7, 11) is 2.00. The first-order chi connectivity index (χ1) is 9.15. The van der Waals surface area contributed by atoms with E-state index in [4.69, 9.17) is 0 Å². The van der Waals surface area contributed by atoms with Crippen LogP contribution in [0.4, 0.5) is 0 Å². The molecule has 3 heteroatoms. The molecule has 3 aromatic rings. The maximum absolute atomic E-state index is 4.47. The van der Waals surface area contributed by atoms with Crippen molar-refractivity contribution in [2.24, 2.45) is 7.05 Å².